The number of aryl methyl sites for hydroxylation is 1. The summed E-state index contributed by atoms with van der Waals surface area (Å²) in [5, 5.41) is 6.31. The van der Waals surface area contributed by atoms with Gasteiger partial charge in [0.1, 0.15) is 0 Å². The van der Waals surface area contributed by atoms with Gasteiger partial charge in [0.05, 0.1) is 0 Å². The third-order valence-corrected chi connectivity index (χ3v) is 3.88. The molecule has 3 rings (SSSR count). The van der Waals surface area contributed by atoms with Crippen molar-refractivity contribution >= 4 is 33.2 Å². The summed E-state index contributed by atoms with van der Waals surface area (Å²) in [7, 11) is 0. The van der Waals surface area contributed by atoms with Gasteiger partial charge < -0.3 is 10.6 Å². The Kier molecular flexibility index (Phi) is 3.74. The molecule has 102 valence electrons. The van der Waals surface area contributed by atoms with E-state index in [2.05, 4.69) is 44.8 Å². The summed E-state index contributed by atoms with van der Waals surface area (Å²) in [5.74, 6) is 0.104. The van der Waals surface area contributed by atoms with E-state index in [1.54, 1.807) is 0 Å². The second-order valence-electron chi connectivity index (χ2n) is 4.90. The largest absolute Gasteiger partial charge is 0.381 e. The molecule has 2 aromatic rings. The highest BCUT2D eigenvalue weighted by Crippen LogP contribution is 2.26. The van der Waals surface area contributed by atoms with Gasteiger partial charge >= 0.3 is 0 Å². The number of anilines is 2. The normalized spacial score (nSPS) is 13.6. The Morgan fingerprint density at radius 2 is 2.05 bits per heavy atom. The van der Waals surface area contributed by atoms with Gasteiger partial charge in [0.25, 0.3) is 0 Å². The number of hydrogen-bond acceptors (Lipinski definition) is 2. The van der Waals surface area contributed by atoms with Gasteiger partial charge in [-0.05, 0) is 47.9 Å². The first-order chi connectivity index (χ1) is 9.70. The molecule has 1 aliphatic rings. The summed E-state index contributed by atoms with van der Waals surface area (Å²) in [6.45, 7) is 0.782. The van der Waals surface area contributed by atoms with Crippen LogP contribution in [0.3, 0.4) is 0 Å². The van der Waals surface area contributed by atoms with Crippen molar-refractivity contribution in [2.75, 3.05) is 10.6 Å². The average molecular weight is 331 g/mol. The molecule has 1 amide bonds. The number of nitrogens with one attached hydrogen (secondary N) is 2. The molecule has 3 nitrogen and oxygen atoms in total. The molecule has 0 radical (unpaired) electrons. The molecule has 0 unspecified atom stereocenters. The van der Waals surface area contributed by atoms with Crippen molar-refractivity contribution in [3.8, 4) is 0 Å². The van der Waals surface area contributed by atoms with Crippen LogP contribution in [0.25, 0.3) is 0 Å². The van der Waals surface area contributed by atoms with Gasteiger partial charge in [0.15, 0.2) is 0 Å². The smallest absolute Gasteiger partial charge is 0.224 e. The van der Waals surface area contributed by atoms with Crippen molar-refractivity contribution in [2.45, 2.75) is 19.4 Å². The molecule has 0 spiro atoms. The number of rotatable bonds is 3. The minimum absolute atomic E-state index is 0.104. The fourth-order valence-corrected chi connectivity index (χ4v) is 2.79. The standard InChI is InChI=1S/C16H15BrN2O/c17-13-3-1-2-11(8-13)10-18-14-5-6-15-12(9-14)4-7-16(20)19-15/h1-3,5-6,8-9,18H,4,7,10H2,(H,19,20). The summed E-state index contributed by atoms with van der Waals surface area (Å²) >= 11 is 3.48. The van der Waals surface area contributed by atoms with Crippen LogP contribution in [0, 0.1) is 0 Å². The van der Waals surface area contributed by atoms with E-state index in [-0.39, 0.29) is 5.91 Å². The topological polar surface area (TPSA) is 41.1 Å². The van der Waals surface area contributed by atoms with Crippen LogP contribution >= 0.6 is 15.9 Å². The molecule has 0 saturated carbocycles. The average Bonchev–Trinajstić information content (AvgIpc) is 2.45. The Hall–Kier alpha value is -1.81. The fraction of sp³-hybridized carbons (Fsp3) is 0.188. The highest BCUT2D eigenvalue weighted by molar-refractivity contribution is 9.10. The van der Waals surface area contributed by atoms with Gasteiger partial charge in [-0.15, -0.1) is 0 Å². The van der Waals surface area contributed by atoms with Crippen LogP contribution in [0.2, 0.25) is 0 Å². The van der Waals surface area contributed by atoms with Gasteiger partial charge in [-0.25, -0.2) is 0 Å². The third-order valence-electron chi connectivity index (χ3n) is 3.39. The molecule has 1 heterocycles. The number of halogens is 1. The van der Waals surface area contributed by atoms with E-state index in [9.17, 15) is 4.79 Å². The molecule has 1 aliphatic heterocycles. The Labute approximate surface area is 126 Å². The maximum absolute atomic E-state index is 11.3. The Morgan fingerprint density at radius 3 is 2.90 bits per heavy atom. The van der Waals surface area contributed by atoms with Crippen LogP contribution in [0.4, 0.5) is 11.4 Å². The number of fused-ring (bicyclic) bond motifs is 1. The predicted molar refractivity (Wildman–Crippen MR) is 84.9 cm³/mol. The molecule has 2 aromatic carbocycles. The lowest BCUT2D eigenvalue weighted by Crippen LogP contribution is -2.18. The van der Waals surface area contributed by atoms with Crippen molar-refractivity contribution in [3.63, 3.8) is 0 Å². The first-order valence-electron chi connectivity index (χ1n) is 6.62. The first kappa shape index (κ1) is 13.2. The zero-order chi connectivity index (χ0) is 13.9. The van der Waals surface area contributed by atoms with E-state index in [0.717, 1.165) is 28.8 Å². The fourth-order valence-electron chi connectivity index (χ4n) is 2.34. The SMILES string of the molecule is O=C1CCc2cc(NCc3cccc(Br)c3)ccc2N1. The van der Waals surface area contributed by atoms with E-state index < -0.39 is 0 Å². The lowest BCUT2D eigenvalue weighted by atomic mass is 10.0. The molecule has 0 aliphatic carbocycles. The lowest BCUT2D eigenvalue weighted by molar-refractivity contribution is -0.116. The molecule has 0 aromatic heterocycles. The number of benzene rings is 2. The van der Waals surface area contributed by atoms with Crippen molar-refractivity contribution in [3.05, 3.63) is 58.1 Å². The van der Waals surface area contributed by atoms with E-state index in [1.807, 2.05) is 24.3 Å². The van der Waals surface area contributed by atoms with E-state index in [1.165, 1.54) is 11.1 Å². The van der Waals surface area contributed by atoms with Crippen LogP contribution in [0.1, 0.15) is 17.5 Å². The van der Waals surface area contributed by atoms with Crippen molar-refractivity contribution in [1.82, 2.24) is 0 Å². The summed E-state index contributed by atoms with van der Waals surface area (Å²) in [6.07, 6.45) is 1.38. The van der Waals surface area contributed by atoms with Crippen LogP contribution in [0.15, 0.2) is 46.9 Å². The molecular formula is C16H15BrN2O. The maximum Gasteiger partial charge on any atom is 0.224 e. The van der Waals surface area contributed by atoms with Crippen LogP contribution in [-0.4, -0.2) is 5.91 Å². The molecule has 0 fully saturated rings. The van der Waals surface area contributed by atoms with Crippen LogP contribution < -0.4 is 10.6 Å². The van der Waals surface area contributed by atoms with Crippen LogP contribution in [-0.2, 0) is 17.8 Å². The number of hydrogen-bond donors (Lipinski definition) is 2. The number of carbonyl (C=O) groups excluding carboxylic acids is 1. The second-order valence-corrected chi connectivity index (χ2v) is 5.82. The predicted octanol–water partition coefficient (Wildman–Crippen LogP) is 3.95. The third kappa shape index (κ3) is 3.02. The Balaban J connectivity index is 1.71. The van der Waals surface area contributed by atoms with Gasteiger partial charge in [-0.3, -0.25) is 4.79 Å². The molecular weight excluding hydrogens is 316 g/mol. The van der Waals surface area contributed by atoms with Crippen molar-refractivity contribution in [1.29, 1.82) is 0 Å². The van der Waals surface area contributed by atoms with E-state index in [4.69, 9.17) is 0 Å². The van der Waals surface area contributed by atoms with Gasteiger partial charge in [-0.1, -0.05) is 28.1 Å². The molecule has 2 N–H and O–H groups in total. The van der Waals surface area contributed by atoms with Gasteiger partial charge in [0.2, 0.25) is 5.91 Å². The summed E-state index contributed by atoms with van der Waals surface area (Å²) in [6, 6.07) is 14.3. The molecule has 0 saturated heterocycles. The monoisotopic (exact) mass is 330 g/mol. The molecule has 0 bridgehead atoms. The summed E-state index contributed by atoms with van der Waals surface area (Å²) < 4.78 is 1.09. The zero-order valence-corrected chi connectivity index (χ0v) is 12.5. The molecule has 4 heteroatoms. The van der Waals surface area contributed by atoms with Crippen LogP contribution in [0.5, 0.6) is 0 Å². The zero-order valence-electron chi connectivity index (χ0n) is 10.9. The van der Waals surface area contributed by atoms with Gasteiger partial charge in [-0.2, -0.15) is 0 Å². The maximum atomic E-state index is 11.3. The Morgan fingerprint density at radius 1 is 1.15 bits per heavy atom. The highest BCUT2D eigenvalue weighted by atomic mass is 79.9. The minimum Gasteiger partial charge on any atom is -0.381 e. The quantitative estimate of drug-likeness (QED) is 0.894. The van der Waals surface area contributed by atoms with Crippen molar-refractivity contribution < 1.29 is 4.79 Å². The summed E-state index contributed by atoms with van der Waals surface area (Å²) in [5.41, 5.74) is 4.45. The molecule has 20 heavy (non-hydrogen) atoms. The Bertz CT molecular complexity index is 655. The van der Waals surface area contributed by atoms with E-state index >= 15 is 0 Å². The van der Waals surface area contributed by atoms with Gasteiger partial charge in [0, 0.05) is 28.8 Å². The lowest BCUT2D eigenvalue weighted by Gasteiger charge is -2.18. The number of carbonyl (C=O) groups is 1. The minimum atomic E-state index is 0.104. The molecule has 0 atom stereocenters. The first-order valence-corrected chi connectivity index (χ1v) is 7.41. The highest BCUT2D eigenvalue weighted by Gasteiger charge is 2.14. The second kappa shape index (κ2) is 5.67. The van der Waals surface area contributed by atoms with E-state index in [0.29, 0.717) is 6.42 Å². The number of amides is 1. The summed E-state index contributed by atoms with van der Waals surface area (Å²) in [4.78, 5) is 11.3. The van der Waals surface area contributed by atoms with Crippen molar-refractivity contribution in [2.24, 2.45) is 0 Å².